The Bertz CT molecular complexity index is 115. The second-order valence-corrected chi connectivity index (χ2v) is 4.47. The topological polar surface area (TPSA) is 3.24 Å². The van der Waals surface area contributed by atoms with Crippen LogP contribution in [0.15, 0.2) is 0 Å². The van der Waals surface area contributed by atoms with E-state index in [1.807, 2.05) is 13.8 Å². The highest BCUT2D eigenvalue weighted by Gasteiger charge is 2.31. The fourth-order valence-corrected chi connectivity index (χ4v) is 1.82. The highest BCUT2D eigenvalue weighted by atomic mass is 15.2. The van der Waals surface area contributed by atoms with Gasteiger partial charge in [-0.15, -0.1) is 0 Å². The average molecular weight is 185 g/mol. The molecule has 1 atom stereocenters. The van der Waals surface area contributed by atoms with Crippen LogP contribution in [-0.2, 0) is 0 Å². The van der Waals surface area contributed by atoms with Crippen LogP contribution in [0.2, 0.25) is 0 Å². The van der Waals surface area contributed by atoms with E-state index in [0.29, 0.717) is 5.54 Å². The van der Waals surface area contributed by atoms with Crippen molar-refractivity contribution in [3.05, 3.63) is 0 Å². The SMILES string of the molecule is CC.CC1CCCCN(C)C1(C)C. The molecule has 0 N–H and O–H groups in total. The molecule has 1 fully saturated rings. The molecule has 1 heteroatoms. The zero-order valence-corrected chi connectivity index (χ0v) is 10.4. The maximum atomic E-state index is 2.50. The second kappa shape index (κ2) is 5.64. The maximum Gasteiger partial charge on any atom is 0.0175 e. The van der Waals surface area contributed by atoms with Crippen molar-refractivity contribution in [1.29, 1.82) is 0 Å². The van der Waals surface area contributed by atoms with Crippen LogP contribution in [0.3, 0.4) is 0 Å². The highest BCUT2D eigenvalue weighted by molar-refractivity contribution is 4.86. The van der Waals surface area contributed by atoms with E-state index in [1.54, 1.807) is 0 Å². The van der Waals surface area contributed by atoms with Crippen LogP contribution >= 0.6 is 0 Å². The summed E-state index contributed by atoms with van der Waals surface area (Å²) in [5, 5.41) is 0. The third-order valence-corrected chi connectivity index (χ3v) is 3.57. The molecule has 1 nitrogen and oxygen atoms in total. The molecule has 0 aromatic carbocycles. The predicted molar refractivity (Wildman–Crippen MR) is 61.1 cm³/mol. The van der Waals surface area contributed by atoms with Crippen molar-refractivity contribution in [2.75, 3.05) is 13.6 Å². The van der Waals surface area contributed by atoms with Crippen molar-refractivity contribution < 1.29 is 0 Å². The lowest BCUT2D eigenvalue weighted by molar-refractivity contribution is 0.111. The normalized spacial score (nSPS) is 28.6. The first-order valence-corrected chi connectivity index (χ1v) is 5.76. The van der Waals surface area contributed by atoms with E-state index in [2.05, 4.69) is 32.7 Å². The minimum atomic E-state index is 0.413. The van der Waals surface area contributed by atoms with E-state index in [9.17, 15) is 0 Å². The third kappa shape index (κ3) is 3.30. The first-order valence-electron chi connectivity index (χ1n) is 5.76. The zero-order chi connectivity index (χ0) is 10.5. The fourth-order valence-electron chi connectivity index (χ4n) is 1.82. The van der Waals surface area contributed by atoms with Gasteiger partial charge < -0.3 is 4.90 Å². The Morgan fingerprint density at radius 2 is 1.69 bits per heavy atom. The van der Waals surface area contributed by atoms with Gasteiger partial charge in [0.2, 0.25) is 0 Å². The van der Waals surface area contributed by atoms with Gasteiger partial charge in [0.1, 0.15) is 0 Å². The van der Waals surface area contributed by atoms with E-state index < -0.39 is 0 Å². The van der Waals surface area contributed by atoms with Gasteiger partial charge in [0.25, 0.3) is 0 Å². The molecule has 1 rings (SSSR count). The molecule has 80 valence electrons. The largest absolute Gasteiger partial charge is 0.301 e. The van der Waals surface area contributed by atoms with E-state index in [1.165, 1.54) is 25.8 Å². The summed E-state index contributed by atoms with van der Waals surface area (Å²) >= 11 is 0. The summed E-state index contributed by atoms with van der Waals surface area (Å²) in [7, 11) is 2.25. The number of likely N-dealkylation sites (tertiary alicyclic amines) is 1. The molecular formula is C12H27N. The van der Waals surface area contributed by atoms with Crippen LogP contribution in [0.5, 0.6) is 0 Å². The molecule has 1 aliphatic rings. The zero-order valence-electron chi connectivity index (χ0n) is 10.4. The molecule has 0 aromatic rings. The molecule has 0 aromatic heterocycles. The lowest BCUT2D eigenvalue weighted by Crippen LogP contribution is -2.45. The smallest absolute Gasteiger partial charge is 0.0175 e. The van der Waals surface area contributed by atoms with E-state index in [0.717, 1.165) is 5.92 Å². The quantitative estimate of drug-likeness (QED) is 0.558. The fraction of sp³-hybridized carbons (Fsp3) is 1.00. The monoisotopic (exact) mass is 185 g/mol. The van der Waals surface area contributed by atoms with Crippen LogP contribution in [-0.4, -0.2) is 24.0 Å². The van der Waals surface area contributed by atoms with Gasteiger partial charge in [0, 0.05) is 5.54 Å². The molecule has 0 amide bonds. The molecular weight excluding hydrogens is 158 g/mol. The standard InChI is InChI=1S/C10H21N.C2H6/c1-9-7-5-6-8-11(4)10(9,2)3;1-2/h9H,5-8H2,1-4H3;1-2H3. The highest BCUT2D eigenvalue weighted by Crippen LogP contribution is 2.30. The molecule has 1 unspecified atom stereocenters. The van der Waals surface area contributed by atoms with Crippen LogP contribution in [0.4, 0.5) is 0 Å². The lowest BCUT2D eigenvalue weighted by atomic mass is 9.86. The third-order valence-electron chi connectivity index (χ3n) is 3.57. The minimum Gasteiger partial charge on any atom is -0.301 e. The Hall–Kier alpha value is -0.0400. The second-order valence-electron chi connectivity index (χ2n) is 4.47. The van der Waals surface area contributed by atoms with Crippen molar-refractivity contribution in [2.24, 2.45) is 5.92 Å². The molecule has 0 saturated carbocycles. The van der Waals surface area contributed by atoms with Crippen LogP contribution in [0, 0.1) is 5.92 Å². The molecule has 0 aliphatic carbocycles. The first kappa shape index (κ1) is 13.0. The average Bonchev–Trinajstić information content (AvgIpc) is 2.23. The Morgan fingerprint density at radius 1 is 1.15 bits per heavy atom. The van der Waals surface area contributed by atoms with Gasteiger partial charge in [0.05, 0.1) is 0 Å². The first-order chi connectivity index (χ1) is 6.05. The molecule has 1 aliphatic heterocycles. The van der Waals surface area contributed by atoms with Crippen molar-refractivity contribution in [1.82, 2.24) is 4.90 Å². The van der Waals surface area contributed by atoms with E-state index in [4.69, 9.17) is 0 Å². The Balaban J connectivity index is 0.000000671. The van der Waals surface area contributed by atoms with Gasteiger partial charge >= 0.3 is 0 Å². The van der Waals surface area contributed by atoms with E-state index in [-0.39, 0.29) is 0 Å². The summed E-state index contributed by atoms with van der Waals surface area (Å²) in [4.78, 5) is 2.50. The Morgan fingerprint density at radius 3 is 2.23 bits per heavy atom. The number of hydrogen-bond acceptors (Lipinski definition) is 1. The van der Waals surface area contributed by atoms with Crippen LogP contribution in [0.1, 0.15) is 53.9 Å². The van der Waals surface area contributed by atoms with Gasteiger partial charge in [-0.05, 0) is 46.2 Å². The van der Waals surface area contributed by atoms with Crippen molar-refractivity contribution in [2.45, 2.75) is 59.4 Å². The number of nitrogens with zero attached hydrogens (tertiary/aromatic N) is 1. The molecule has 13 heavy (non-hydrogen) atoms. The summed E-state index contributed by atoms with van der Waals surface area (Å²) in [5.74, 6) is 0.843. The maximum absolute atomic E-state index is 2.50. The molecule has 0 bridgehead atoms. The number of hydrogen-bond donors (Lipinski definition) is 0. The van der Waals surface area contributed by atoms with Crippen molar-refractivity contribution >= 4 is 0 Å². The Kier molecular flexibility index (Phi) is 5.62. The lowest BCUT2D eigenvalue weighted by Gasteiger charge is -2.38. The van der Waals surface area contributed by atoms with Crippen LogP contribution in [0.25, 0.3) is 0 Å². The number of rotatable bonds is 0. The van der Waals surface area contributed by atoms with Crippen molar-refractivity contribution in [3.63, 3.8) is 0 Å². The van der Waals surface area contributed by atoms with Gasteiger partial charge in [-0.25, -0.2) is 0 Å². The van der Waals surface area contributed by atoms with Gasteiger partial charge in [-0.3, -0.25) is 0 Å². The molecule has 1 saturated heterocycles. The summed E-state index contributed by atoms with van der Waals surface area (Å²) < 4.78 is 0. The van der Waals surface area contributed by atoms with Crippen LogP contribution < -0.4 is 0 Å². The summed E-state index contributed by atoms with van der Waals surface area (Å²) in [6.07, 6.45) is 4.19. The van der Waals surface area contributed by atoms with Gasteiger partial charge in [-0.2, -0.15) is 0 Å². The van der Waals surface area contributed by atoms with Crippen molar-refractivity contribution in [3.8, 4) is 0 Å². The summed E-state index contributed by atoms with van der Waals surface area (Å²) in [5.41, 5.74) is 0.413. The molecule has 0 radical (unpaired) electrons. The van der Waals surface area contributed by atoms with Gasteiger partial charge in [-0.1, -0.05) is 27.2 Å². The predicted octanol–water partition coefficient (Wildman–Crippen LogP) is 3.54. The Labute approximate surface area is 84.5 Å². The molecule has 0 spiro atoms. The summed E-state index contributed by atoms with van der Waals surface area (Å²) in [6.45, 7) is 12.4. The molecule has 1 heterocycles. The van der Waals surface area contributed by atoms with E-state index >= 15 is 0 Å². The van der Waals surface area contributed by atoms with Gasteiger partial charge in [0.15, 0.2) is 0 Å². The summed E-state index contributed by atoms with van der Waals surface area (Å²) in [6, 6.07) is 0. The minimum absolute atomic E-state index is 0.413.